The zero-order valence-electron chi connectivity index (χ0n) is 30.8. The Labute approximate surface area is 320 Å². The Kier molecular flexibility index (Phi) is 6.93. The average Bonchev–Trinajstić information content (AvgIpc) is 3.73. The van der Waals surface area contributed by atoms with E-state index in [9.17, 15) is 0 Å². The van der Waals surface area contributed by atoms with Crippen LogP contribution in [0.3, 0.4) is 0 Å². The molecule has 0 N–H and O–H groups in total. The van der Waals surface area contributed by atoms with Crippen molar-refractivity contribution in [1.82, 2.24) is 0 Å². The van der Waals surface area contributed by atoms with Crippen LogP contribution in [0.4, 0.5) is 17.1 Å². The summed E-state index contributed by atoms with van der Waals surface area (Å²) in [6.45, 7) is 4.71. The minimum Gasteiger partial charge on any atom is -0.456 e. The topological polar surface area (TPSA) is 16.4 Å². The van der Waals surface area contributed by atoms with Gasteiger partial charge in [0.1, 0.15) is 11.2 Å². The maximum atomic E-state index is 6.46. The van der Waals surface area contributed by atoms with Crippen LogP contribution >= 0.6 is 0 Å². The van der Waals surface area contributed by atoms with Crippen molar-refractivity contribution in [3.63, 3.8) is 0 Å². The van der Waals surface area contributed by atoms with E-state index >= 15 is 0 Å². The molecule has 0 aliphatic heterocycles. The van der Waals surface area contributed by atoms with Gasteiger partial charge in [0.05, 0.1) is 11.4 Å². The summed E-state index contributed by atoms with van der Waals surface area (Å²) >= 11 is 0. The first-order valence-corrected chi connectivity index (χ1v) is 19.1. The number of rotatable bonds is 5. The first kappa shape index (κ1) is 31.6. The van der Waals surface area contributed by atoms with E-state index in [2.05, 4.69) is 201 Å². The van der Waals surface area contributed by atoms with E-state index in [1.54, 1.807) is 0 Å². The molecule has 9 aromatic carbocycles. The SMILES string of the molecule is CC1(C)c2ccccc2-c2c(N(c3ccc(-c4cc5oc6ccccc6c5c5ccccc45)cc3)c3ccccc3-c3ccc4ccccc4c3)cccc21. The zero-order chi connectivity index (χ0) is 36.7. The number of para-hydroxylation sites is 2. The van der Waals surface area contributed by atoms with Gasteiger partial charge in [-0.3, -0.25) is 0 Å². The monoisotopic (exact) mass is 703 g/mol. The molecular weight excluding hydrogens is 667 g/mol. The van der Waals surface area contributed by atoms with E-state index in [4.69, 9.17) is 4.42 Å². The van der Waals surface area contributed by atoms with Gasteiger partial charge in [0.15, 0.2) is 0 Å². The number of fused-ring (bicyclic) bond motifs is 9. The lowest BCUT2D eigenvalue weighted by Crippen LogP contribution is -2.16. The molecule has 0 saturated heterocycles. The summed E-state index contributed by atoms with van der Waals surface area (Å²) in [5.41, 5.74) is 15.1. The number of hydrogen-bond acceptors (Lipinski definition) is 2. The van der Waals surface area contributed by atoms with Gasteiger partial charge in [0.25, 0.3) is 0 Å². The Bertz CT molecular complexity index is 3130. The summed E-state index contributed by atoms with van der Waals surface area (Å²) < 4.78 is 6.46. The van der Waals surface area contributed by atoms with E-state index in [0.29, 0.717) is 0 Å². The van der Waals surface area contributed by atoms with Gasteiger partial charge >= 0.3 is 0 Å². The van der Waals surface area contributed by atoms with E-state index in [1.165, 1.54) is 66.0 Å². The zero-order valence-corrected chi connectivity index (χ0v) is 30.8. The highest BCUT2D eigenvalue weighted by molar-refractivity contribution is 6.22. The van der Waals surface area contributed by atoms with E-state index in [1.807, 2.05) is 6.07 Å². The lowest BCUT2D eigenvalue weighted by molar-refractivity contribution is 0.660. The molecule has 260 valence electrons. The quantitative estimate of drug-likeness (QED) is 0.177. The molecule has 11 rings (SSSR count). The molecule has 0 saturated carbocycles. The fraction of sp³-hybridized carbons (Fsp3) is 0.0566. The molecular formula is C53H37NO. The van der Waals surface area contributed by atoms with Crippen LogP contribution in [0.15, 0.2) is 192 Å². The van der Waals surface area contributed by atoms with Gasteiger partial charge in [-0.2, -0.15) is 0 Å². The summed E-state index contributed by atoms with van der Waals surface area (Å²) in [6, 6.07) is 68.5. The molecule has 2 nitrogen and oxygen atoms in total. The van der Waals surface area contributed by atoms with E-state index in [-0.39, 0.29) is 5.41 Å². The highest BCUT2D eigenvalue weighted by Crippen LogP contribution is 2.55. The third-order valence-electron chi connectivity index (χ3n) is 11.9. The summed E-state index contributed by atoms with van der Waals surface area (Å²) in [5, 5.41) is 7.21. The van der Waals surface area contributed by atoms with Crippen molar-refractivity contribution in [1.29, 1.82) is 0 Å². The van der Waals surface area contributed by atoms with Gasteiger partial charge in [0.2, 0.25) is 0 Å². The van der Waals surface area contributed by atoms with Crippen LogP contribution in [0.5, 0.6) is 0 Å². The second-order valence-electron chi connectivity index (χ2n) is 15.3. The molecule has 10 aromatic rings. The average molecular weight is 704 g/mol. The number of furan rings is 1. The van der Waals surface area contributed by atoms with Crippen molar-refractivity contribution < 1.29 is 4.42 Å². The molecule has 55 heavy (non-hydrogen) atoms. The first-order valence-electron chi connectivity index (χ1n) is 19.1. The molecule has 1 heterocycles. The van der Waals surface area contributed by atoms with Crippen LogP contribution in [0.1, 0.15) is 25.0 Å². The predicted molar refractivity (Wildman–Crippen MR) is 232 cm³/mol. The molecule has 2 heteroatoms. The van der Waals surface area contributed by atoms with Crippen LogP contribution in [0.2, 0.25) is 0 Å². The van der Waals surface area contributed by atoms with Gasteiger partial charge in [-0.15, -0.1) is 0 Å². The molecule has 0 unspecified atom stereocenters. The van der Waals surface area contributed by atoms with Crippen LogP contribution in [-0.4, -0.2) is 0 Å². The van der Waals surface area contributed by atoms with Crippen molar-refractivity contribution in [2.24, 2.45) is 0 Å². The first-order chi connectivity index (χ1) is 27.0. The van der Waals surface area contributed by atoms with Gasteiger partial charge in [-0.1, -0.05) is 159 Å². The van der Waals surface area contributed by atoms with Gasteiger partial charge < -0.3 is 9.32 Å². The highest BCUT2D eigenvalue weighted by Gasteiger charge is 2.38. The van der Waals surface area contributed by atoms with Crippen LogP contribution in [-0.2, 0) is 5.41 Å². The molecule has 0 atom stereocenters. The molecule has 0 spiro atoms. The maximum Gasteiger partial charge on any atom is 0.136 e. The normalized spacial score (nSPS) is 13.1. The van der Waals surface area contributed by atoms with Gasteiger partial charge in [-0.25, -0.2) is 0 Å². The number of nitrogens with zero attached hydrogens (tertiary/aromatic N) is 1. The number of anilines is 3. The maximum absolute atomic E-state index is 6.46. The molecule has 0 bridgehead atoms. The Morgan fingerprint density at radius 2 is 1.05 bits per heavy atom. The lowest BCUT2D eigenvalue weighted by atomic mass is 9.82. The van der Waals surface area contributed by atoms with Crippen molar-refractivity contribution in [2.45, 2.75) is 19.3 Å². The molecule has 1 aliphatic rings. The number of benzene rings is 9. The van der Waals surface area contributed by atoms with Crippen molar-refractivity contribution in [2.75, 3.05) is 4.90 Å². The van der Waals surface area contributed by atoms with E-state index < -0.39 is 0 Å². The van der Waals surface area contributed by atoms with Gasteiger partial charge in [0, 0.05) is 33.0 Å². The predicted octanol–water partition coefficient (Wildman–Crippen LogP) is 15.0. The third kappa shape index (κ3) is 4.81. The lowest BCUT2D eigenvalue weighted by Gasteiger charge is -2.30. The number of hydrogen-bond donors (Lipinski definition) is 0. The largest absolute Gasteiger partial charge is 0.456 e. The second-order valence-corrected chi connectivity index (χ2v) is 15.3. The van der Waals surface area contributed by atoms with Crippen molar-refractivity contribution in [3.05, 3.63) is 199 Å². The van der Waals surface area contributed by atoms with Crippen LogP contribution < -0.4 is 4.90 Å². The molecule has 0 amide bonds. The fourth-order valence-electron chi connectivity index (χ4n) is 9.22. The Balaban J connectivity index is 1.13. The Morgan fingerprint density at radius 3 is 1.91 bits per heavy atom. The molecule has 0 fully saturated rings. The smallest absolute Gasteiger partial charge is 0.136 e. The minimum absolute atomic E-state index is 0.119. The van der Waals surface area contributed by atoms with Crippen LogP contribution in [0.25, 0.3) is 76.9 Å². The van der Waals surface area contributed by atoms with E-state index in [0.717, 1.165) is 39.1 Å². The third-order valence-corrected chi connectivity index (χ3v) is 11.9. The second kappa shape index (κ2) is 12.1. The fourth-order valence-corrected chi connectivity index (χ4v) is 9.22. The summed E-state index contributed by atoms with van der Waals surface area (Å²) in [6.07, 6.45) is 0. The standard InChI is InChI=1S/C53H37NO/c1-53(2)45-21-10-7-19-42(45)52-46(53)22-13-24-48(52)54(47-23-11-8-16-39(47)37-27-26-34-14-3-4-15-36(34)32-37)38-30-28-35(29-31-38)44-33-50-51(41-18-6-5-17-40(41)44)43-20-9-12-25-49(43)55-50/h3-33H,1-2H3. The van der Waals surface area contributed by atoms with Crippen LogP contribution in [0, 0.1) is 0 Å². The van der Waals surface area contributed by atoms with Crippen molar-refractivity contribution in [3.8, 4) is 33.4 Å². The Hall–Kier alpha value is -6.90. The molecule has 1 aliphatic carbocycles. The van der Waals surface area contributed by atoms with Gasteiger partial charge in [-0.05, 0) is 97.4 Å². The van der Waals surface area contributed by atoms with Crippen molar-refractivity contribution >= 4 is 60.5 Å². The summed E-state index contributed by atoms with van der Waals surface area (Å²) in [5.74, 6) is 0. The minimum atomic E-state index is -0.119. The Morgan fingerprint density at radius 1 is 0.418 bits per heavy atom. The summed E-state index contributed by atoms with van der Waals surface area (Å²) in [7, 11) is 0. The molecule has 0 radical (unpaired) electrons. The molecule has 1 aromatic heterocycles. The summed E-state index contributed by atoms with van der Waals surface area (Å²) in [4.78, 5) is 2.48. The highest BCUT2D eigenvalue weighted by atomic mass is 16.3.